The van der Waals surface area contributed by atoms with Crippen LogP contribution in [0.25, 0.3) is 0 Å². The largest absolute Gasteiger partial charge is 0.467 e. The summed E-state index contributed by atoms with van der Waals surface area (Å²) in [6.07, 6.45) is 0.928. The molecule has 0 heterocycles. The molecule has 6 heteroatoms. The van der Waals surface area contributed by atoms with Crippen LogP contribution in [0.5, 0.6) is 0 Å². The summed E-state index contributed by atoms with van der Waals surface area (Å²) in [7, 11) is 0. The van der Waals surface area contributed by atoms with Crippen molar-refractivity contribution in [1.29, 1.82) is 0 Å². The van der Waals surface area contributed by atoms with Crippen molar-refractivity contribution in [1.82, 2.24) is 0 Å². The standard InChI is InChI=1S/C5H10O2S.C4H8O2S/c1-2-5(8)3-7-4-6;1-4(7)2-6-3-5/h4-5,8H,2-3H2,1H3;3-4,7H,2H2,1H3. The first kappa shape index (κ1) is 17.0. The van der Waals surface area contributed by atoms with Crippen LogP contribution in [0.1, 0.15) is 20.3 Å². The number of rotatable bonds is 7. The lowest BCUT2D eigenvalue weighted by Gasteiger charge is -2.02. The van der Waals surface area contributed by atoms with Crippen LogP contribution in [0.3, 0.4) is 0 Å². The summed E-state index contributed by atoms with van der Waals surface area (Å²) >= 11 is 8.03. The molecule has 0 aliphatic carbocycles. The third-order valence-electron chi connectivity index (χ3n) is 1.23. The zero-order chi connectivity index (χ0) is 12.1. The third kappa shape index (κ3) is 19.9. The number of carbonyl (C=O) groups is 2. The van der Waals surface area contributed by atoms with E-state index in [1.807, 2.05) is 13.8 Å². The van der Waals surface area contributed by atoms with Crippen molar-refractivity contribution in [2.75, 3.05) is 13.2 Å². The maximum atomic E-state index is 9.57. The zero-order valence-electron chi connectivity index (χ0n) is 8.96. The second-order valence-corrected chi connectivity index (χ2v) is 4.38. The zero-order valence-corrected chi connectivity index (χ0v) is 10.7. The van der Waals surface area contributed by atoms with Crippen molar-refractivity contribution >= 4 is 38.2 Å². The molecular weight excluding hydrogens is 236 g/mol. The van der Waals surface area contributed by atoms with E-state index in [-0.39, 0.29) is 10.5 Å². The minimum Gasteiger partial charge on any atom is -0.467 e. The van der Waals surface area contributed by atoms with Crippen LogP contribution in [0, 0.1) is 0 Å². The van der Waals surface area contributed by atoms with Gasteiger partial charge in [0.15, 0.2) is 0 Å². The van der Waals surface area contributed by atoms with Crippen LogP contribution in [-0.4, -0.2) is 36.7 Å². The second-order valence-electron chi connectivity index (χ2n) is 2.77. The van der Waals surface area contributed by atoms with Gasteiger partial charge in [-0.1, -0.05) is 13.8 Å². The molecule has 0 N–H and O–H groups in total. The molecule has 2 unspecified atom stereocenters. The summed E-state index contributed by atoms with van der Waals surface area (Å²) in [5.74, 6) is 0. The van der Waals surface area contributed by atoms with E-state index in [9.17, 15) is 9.59 Å². The molecule has 90 valence electrons. The topological polar surface area (TPSA) is 52.6 Å². The number of hydrogen-bond acceptors (Lipinski definition) is 6. The number of hydrogen-bond donors (Lipinski definition) is 2. The Morgan fingerprint density at radius 3 is 1.87 bits per heavy atom. The fourth-order valence-electron chi connectivity index (χ4n) is 0.447. The first-order valence-corrected chi connectivity index (χ1v) is 5.58. The molecular formula is C9H18O4S2. The maximum Gasteiger partial charge on any atom is 0.293 e. The normalized spacial score (nSPS) is 12.8. The van der Waals surface area contributed by atoms with E-state index in [2.05, 4.69) is 34.7 Å². The Kier molecular flexibility index (Phi) is 15.5. The van der Waals surface area contributed by atoms with E-state index in [0.717, 1.165) is 6.42 Å². The van der Waals surface area contributed by atoms with Gasteiger partial charge in [-0.15, -0.1) is 0 Å². The predicted molar refractivity (Wildman–Crippen MR) is 65.5 cm³/mol. The Bertz CT molecular complexity index is 153. The first-order chi connectivity index (χ1) is 7.08. The molecule has 0 aromatic rings. The van der Waals surface area contributed by atoms with Crippen molar-refractivity contribution < 1.29 is 19.1 Å². The summed E-state index contributed by atoms with van der Waals surface area (Å²) in [5.41, 5.74) is 0. The molecule has 0 aliphatic heterocycles. The van der Waals surface area contributed by atoms with Gasteiger partial charge in [-0.25, -0.2) is 0 Å². The monoisotopic (exact) mass is 254 g/mol. The highest BCUT2D eigenvalue weighted by molar-refractivity contribution is 7.81. The number of ether oxygens (including phenoxy) is 2. The highest BCUT2D eigenvalue weighted by Crippen LogP contribution is 1.98. The fraction of sp³-hybridized carbons (Fsp3) is 0.778. The van der Waals surface area contributed by atoms with Crippen LogP contribution >= 0.6 is 25.3 Å². The molecule has 0 amide bonds. The Balaban J connectivity index is 0. The predicted octanol–water partition coefficient (Wildman–Crippen LogP) is 1.35. The Morgan fingerprint density at radius 1 is 1.13 bits per heavy atom. The van der Waals surface area contributed by atoms with Crippen molar-refractivity contribution in [2.45, 2.75) is 30.8 Å². The van der Waals surface area contributed by atoms with E-state index in [1.165, 1.54) is 0 Å². The van der Waals surface area contributed by atoms with Gasteiger partial charge in [0, 0.05) is 10.5 Å². The van der Waals surface area contributed by atoms with Crippen LogP contribution in [0.2, 0.25) is 0 Å². The number of carbonyl (C=O) groups excluding carboxylic acids is 2. The van der Waals surface area contributed by atoms with E-state index in [4.69, 9.17) is 0 Å². The number of thiol groups is 2. The fourth-order valence-corrected chi connectivity index (χ4v) is 0.619. The Labute approximate surface area is 102 Å². The van der Waals surface area contributed by atoms with E-state index < -0.39 is 0 Å². The average molecular weight is 254 g/mol. The highest BCUT2D eigenvalue weighted by atomic mass is 32.1. The lowest BCUT2D eigenvalue weighted by molar-refractivity contribution is -0.129. The van der Waals surface area contributed by atoms with E-state index >= 15 is 0 Å². The first-order valence-electron chi connectivity index (χ1n) is 4.55. The van der Waals surface area contributed by atoms with E-state index in [0.29, 0.717) is 26.2 Å². The van der Waals surface area contributed by atoms with Gasteiger partial charge in [-0.05, 0) is 6.42 Å². The van der Waals surface area contributed by atoms with Gasteiger partial charge in [-0.2, -0.15) is 25.3 Å². The average Bonchev–Trinajstić information content (AvgIpc) is 2.23. The molecule has 0 fully saturated rings. The molecule has 4 nitrogen and oxygen atoms in total. The SMILES string of the molecule is CC(S)COC=O.CCC(S)COC=O. The van der Waals surface area contributed by atoms with Crippen molar-refractivity contribution in [3.8, 4) is 0 Å². The van der Waals surface area contributed by atoms with Gasteiger partial charge < -0.3 is 9.47 Å². The van der Waals surface area contributed by atoms with Gasteiger partial charge in [0.05, 0.1) is 0 Å². The molecule has 0 rings (SSSR count). The van der Waals surface area contributed by atoms with Crippen LogP contribution in [-0.2, 0) is 19.1 Å². The van der Waals surface area contributed by atoms with Gasteiger partial charge in [-0.3, -0.25) is 9.59 Å². The summed E-state index contributed by atoms with van der Waals surface area (Å²) < 4.78 is 8.77. The lowest BCUT2D eigenvalue weighted by atomic mass is 10.3. The van der Waals surface area contributed by atoms with Crippen molar-refractivity contribution in [3.05, 3.63) is 0 Å². The van der Waals surface area contributed by atoms with Gasteiger partial charge >= 0.3 is 0 Å². The summed E-state index contributed by atoms with van der Waals surface area (Å²) in [5, 5.41) is 0.338. The molecule has 0 aromatic carbocycles. The molecule has 0 saturated heterocycles. The third-order valence-corrected chi connectivity index (χ3v) is 1.90. The van der Waals surface area contributed by atoms with Gasteiger partial charge in [0.1, 0.15) is 13.2 Å². The molecule has 0 bridgehead atoms. The molecule has 0 radical (unpaired) electrons. The Hall–Kier alpha value is -0.360. The van der Waals surface area contributed by atoms with Crippen LogP contribution in [0.15, 0.2) is 0 Å². The lowest BCUT2D eigenvalue weighted by Crippen LogP contribution is -2.06. The van der Waals surface area contributed by atoms with Crippen molar-refractivity contribution in [3.63, 3.8) is 0 Å². The summed E-state index contributed by atoms with van der Waals surface area (Å²) in [4.78, 5) is 19.0. The minimum absolute atomic E-state index is 0.144. The van der Waals surface area contributed by atoms with Gasteiger partial charge in [0.2, 0.25) is 0 Å². The molecule has 2 atom stereocenters. The molecule has 0 aromatic heterocycles. The summed E-state index contributed by atoms with van der Waals surface area (Å²) in [6, 6.07) is 0. The molecule has 0 aliphatic rings. The quantitative estimate of drug-likeness (QED) is 0.532. The smallest absolute Gasteiger partial charge is 0.293 e. The second kappa shape index (κ2) is 13.6. The van der Waals surface area contributed by atoms with Crippen molar-refractivity contribution in [2.24, 2.45) is 0 Å². The molecule has 0 spiro atoms. The Morgan fingerprint density at radius 2 is 1.60 bits per heavy atom. The molecule has 15 heavy (non-hydrogen) atoms. The maximum absolute atomic E-state index is 9.57. The molecule has 0 saturated carbocycles. The van der Waals surface area contributed by atoms with E-state index in [1.54, 1.807) is 0 Å². The van der Waals surface area contributed by atoms with Crippen LogP contribution < -0.4 is 0 Å². The summed E-state index contributed by atoms with van der Waals surface area (Å²) in [6.45, 7) is 5.53. The van der Waals surface area contributed by atoms with Gasteiger partial charge in [0.25, 0.3) is 12.9 Å². The highest BCUT2D eigenvalue weighted by Gasteiger charge is 1.96. The van der Waals surface area contributed by atoms with Crippen LogP contribution in [0.4, 0.5) is 0 Å². The minimum atomic E-state index is 0.144.